The molecular weight excluding hydrogens is 260 g/mol. The van der Waals surface area contributed by atoms with E-state index in [2.05, 4.69) is 35.5 Å². The van der Waals surface area contributed by atoms with Gasteiger partial charge in [-0.3, -0.25) is 10.00 Å². The van der Waals surface area contributed by atoms with E-state index in [1.54, 1.807) is 0 Å². The first-order valence-corrected chi connectivity index (χ1v) is 7.34. The van der Waals surface area contributed by atoms with Gasteiger partial charge >= 0.3 is 0 Å². The fourth-order valence-electron chi connectivity index (χ4n) is 2.59. The maximum atomic E-state index is 9.35. The summed E-state index contributed by atoms with van der Waals surface area (Å²) in [5.41, 5.74) is 1.74. The van der Waals surface area contributed by atoms with Crippen LogP contribution < -0.4 is 5.32 Å². The summed E-state index contributed by atoms with van der Waals surface area (Å²) in [5, 5.41) is 17.0. The van der Waals surface area contributed by atoms with Crippen LogP contribution in [0.15, 0.2) is 42.7 Å². The van der Waals surface area contributed by atoms with Gasteiger partial charge in [0.15, 0.2) is 0 Å². The molecule has 2 aromatic rings. The van der Waals surface area contributed by atoms with Crippen molar-refractivity contribution in [3.8, 4) is 17.2 Å². The van der Waals surface area contributed by atoms with E-state index in [9.17, 15) is 5.26 Å². The van der Waals surface area contributed by atoms with Crippen LogP contribution in [0.25, 0.3) is 11.1 Å². The highest BCUT2D eigenvalue weighted by molar-refractivity contribution is 5.61. The summed E-state index contributed by atoms with van der Waals surface area (Å²) >= 11 is 0. The minimum absolute atomic E-state index is 0.158. The normalized spacial score (nSPS) is 15.1. The van der Waals surface area contributed by atoms with Gasteiger partial charge in [-0.2, -0.15) is 10.4 Å². The Kier molecular flexibility index (Phi) is 4.77. The van der Waals surface area contributed by atoms with E-state index in [1.807, 2.05) is 49.1 Å². The lowest BCUT2D eigenvalue weighted by Crippen LogP contribution is -2.42. The zero-order valence-electron chi connectivity index (χ0n) is 12.9. The fraction of sp³-hybridized carbons (Fsp3) is 0.412. The Morgan fingerprint density at radius 2 is 2.05 bits per heavy atom. The molecule has 0 bridgehead atoms. The zero-order chi connectivity index (χ0) is 15.3. The standard InChI is InChI=1S/C17H22N4/c1-4-19-17(3,13-18)10-14(2)21-12-16(11-20-21)15-8-6-5-7-9-15/h5-9,11-12,14,19H,4,10H2,1-3H3. The van der Waals surface area contributed by atoms with Gasteiger partial charge in [-0.15, -0.1) is 0 Å². The van der Waals surface area contributed by atoms with Crippen LogP contribution in [0.4, 0.5) is 0 Å². The van der Waals surface area contributed by atoms with Crippen molar-refractivity contribution in [2.75, 3.05) is 6.54 Å². The highest BCUT2D eigenvalue weighted by Gasteiger charge is 2.26. The molecule has 0 aliphatic heterocycles. The minimum atomic E-state index is -0.521. The van der Waals surface area contributed by atoms with Crippen molar-refractivity contribution < 1.29 is 0 Å². The number of aromatic nitrogens is 2. The quantitative estimate of drug-likeness (QED) is 0.883. The molecule has 0 radical (unpaired) electrons. The second kappa shape index (κ2) is 6.55. The molecule has 2 atom stereocenters. The van der Waals surface area contributed by atoms with E-state index in [1.165, 1.54) is 0 Å². The Morgan fingerprint density at radius 1 is 1.33 bits per heavy atom. The van der Waals surface area contributed by atoms with Crippen LogP contribution in [0.1, 0.15) is 33.2 Å². The second-order valence-electron chi connectivity index (χ2n) is 5.60. The van der Waals surface area contributed by atoms with Gasteiger partial charge in [-0.05, 0) is 26.0 Å². The number of nitrogens with zero attached hydrogens (tertiary/aromatic N) is 3. The molecule has 0 fully saturated rings. The van der Waals surface area contributed by atoms with Crippen LogP contribution in [-0.4, -0.2) is 21.9 Å². The van der Waals surface area contributed by atoms with Crippen LogP contribution >= 0.6 is 0 Å². The molecule has 0 amide bonds. The second-order valence-corrected chi connectivity index (χ2v) is 5.60. The average molecular weight is 282 g/mol. The zero-order valence-corrected chi connectivity index (χ0v) is 12.9. The van der Waals surface area contributed by atoms with Crippen molar-refractivity contribution in [2.45, 2.75) is 38.8 Å². The Bertz CT molecular complexity index is 611. The number of hydrogen-bond acceptors (Lipinski definition) is 3. The molecule has 1 aromatic heterocycles. The molecule has 2 rings (SSSR count). The Labute approximate surface area is 126 Å². The molecule has 1 aromatic carbocycles. The molecule has 110 valence electrons. The van der Waals surface area contributed by atoms with Crippen molar-refractivity contribution in [1.29, 1.82) is 5.26 Å². The summed E-state index contributed by atoms with van der Waals surface area (Å²) in [7, 11) is 0. The van der Waals surface area contributed by atoms with Crippen molar-refractivity contribution >= 4 is 0 Å². The molecule has 1 heterocycles. The van der Waals surface area contributed by atoms with Gasteiger partial charge < -0.3 is 0 Å². The summed E-state index contributed by atoms with van der Waals surface area (Å²) in [6.45, 7) is 6.83. The summed E-state index contributed by atoms with van der Waals surface area (Å²) in [6.07, 6.45) is 4.64. The Hall–Kier alpha value is -2.12. The molecule has 0 spiro atoms. The van der Waals surface area contributed by atoms with Gasteiger partial charge in [-0.1, -0.05) is 37.3 Å². The smallest absolute Gasteiger partial charge is 0.105 e. The molecule has 0 saturated heterocycles. The van der Waals surface area contributed by atoms with Gasteiger partial charge in [0.25, 0.3) is 0 Å². The van der Waals surface area contributed by atoms with E-state index in [0.29, 0.717) is 6.42 Å². The molecule has 21 heavy (non-hydrogen) atoms. The highest BCUT2D eigenvalue weighted by Crippen LogP contribution is 2.23. The van der Waals surface area contributed by atoms with Crippen LogP contribution in [0.3, 0.4) is 0 Å². The topological polar surface area (TPSA) is 53.6 Å². The highest BCUT2D eigenvalue weighted by atomic mass is 15.3. The molecule has 2 unspecified atom stereocenters. The first-order valence-electron chi connectivity index (χ1n) is 7.34. The Morgan fingerprint density at radius 3 is 2.67 bits per heavy atom. The maximum absolute atomic E-state index is 9.35. The van der Waals surface area contributed by atoms with Gasteiger partial charge in [-0.25, -0.2) is 0 Å². The summed E-state index contributed by atoms with van der Waals surface area (Å²) in [4.78, 5) is 0. The molecule has 0 saturated carbocycles. The Balaban J connectivity index is 2.13. The number of rotatable bonds is 6. The predicted octanol–water partition coefficient (Wildman–Crippen LogP) is 3.39. The fourth-order valence-corrected chi connectivity index (χ4v) is 2.59. The van der Waals surface area contributed by atoms with Gasteiger partial charge in [0, 0.05) is 18.2 Å². The van der Waals surface area contributed by atoms with Gasteiger partial charge in [0.05, 0.1) is 18.3 Å². The van der Waals surface area contributed by atoms with E-state index in [0.717, 1.165) is 17.7 Å². The van der Waals surface area contributed by atoms with Crippen LogP contribution in [0.2, 0.25) is 0 Å². The first kappa shape index (κ1) is 15.3. The lowest BCUT2D eigenvalue weighted by Gasteiger charge is -2.26. The summed E-state index contributed by atoms with van der Waals surface area (Å²) in [5.74, 6) is 0. The molecule has 0 aliphatic rings. The first-order chi connectivity index (χ1) is 10.1. The van der Waals surface area contributed by atoms with E-state index >= 15 is 0 Å². The molecule has 4 heteroatoms. The van der Waals surface area contributed by atoms with Crippen molar-refractivity contribution in [3.63, 3.8) is 0 Å². The predicted molar refractivity (Wildman–Crippen MR) is 84.7 cm³/mol. The average Bonchev–Trinajstić information content (AvgIpc) is 2.98. The third-order valence-corrected chi connectivity index (χ3v) is 3.68. The number of benzene rings is 1. The summed E-state index contributed by atoms with van der Waals surface area (Å²) < 4.78 is 1.94. The minimum Gasteiger partial charge on any atom is -0.300 e. The molecule has 1 N–H and O–H groups in total. The van der Waals surface area contributed by atoms with E-state index in [4.69, 9.17) is 0 Å². The largest absolute Gasteiger partial charge is 0.300 e. The number of hydrogen-bond donors (Lipinski definition) is 1. The van der Waals surface area contributed by atoms with E-state index < -0.39 is 5.54 Å². The van der Waals surface area contributed by atoms with E-state index in [-0.39, 0.29) is 6.04 Å². The lowest BCUT2D eigenvalue weighted by molar-refractivity contribution is 0.338. The van der Waals surface area contributed by atoms with Crippen LogP contribution in [0.5, 0.6) is 0 Å². The molecule has 4 nitrogen and oxygen atoms in total. The maximum Gasteiger partial charge on any atom is 0.105 e. The van der Waals surface area contributed by atoms with Crippen molar-refractivity contribution in [2.24, 2.45) is 0 Å². The number of nitriles is 1. The van der Waals surface area contributed by atoms with Gasteiger partial charge in [0.1, 0.15) is 5.54 Å². The van der Waals surface area contributed by atoms with Crippen molar-refractivity contribution in [1.82, 2.24) is 15.1 Å². The van der Waals surface area contributed by atoms with Crippen LogP contribution in [-0.2, 0) is 0 Å². The molecular formula is C17H22N4. The van der Waals surface area contributed by atoms with Crippen molar-refractivity contribution in [3.05, 3.63) is 42.7 Å². The molecule has 0 aliphatic carbocycles. The van der Waals surface area contributed by atoms with Gasteiger partial charge in [0.2, 0.25) is 0 Å². The van der Waals surface area contributed by atoms with Crippen LogP contribution in [0, 0.1) is 11.3 Å². The lowest BCUT2D eigenvalue weighted by atomic mass is 9.95. The third-order valence-electron chi connectivity index (χ3n) is 3.68. The summed E-state index contributed by atoms with van der Waals surface area (Å²) in [6, 6.07) is 12.7. The SMILES string of the molecule is CCNC(C)(C#N)CC(C)n1cc(-c2ccccc2)cn1. The monoisotopic (exact) mass is 282 g/mol. The third kappa shape index (κ3) is 3.71. The number of nitrogens with one attached hydrogen (secondary N) is 1.